The largest absolute Gasteiger partial charge is 0.490 e. The van der Waals surface area contributed by atoms with Gasteiger partial charge < -0.3 is 14.6 Å². The molecule has 0 amide bonds. The van der Waals surface area contributed by atoms with Crippen LogP contribution in [0.25, 0.3) is 0 Å². The molecule has 1 N–H and O–H groups in total. The lowest BCUT2D eigenvalue weighted by Gasteiger charge is -2.14. The quantitative estimate of drug-likeness (QED) is 0.121. The molecule has 0 atom stereocenters. The second-order valence-electron chi connectivity index (χ2n) is 10.7. The third-order valence-corrected chi connectivity index (χ3v) is 7.14. The first-order valence-corrected chi connectivity index (χ1v) is 15.8. The number of hydrogen-bond acceptors (Lipinski definition) is 3. The maximum Gasteiger partial charge on any atom is 0.161 e. The summed E-state index contributed by atoms with van der Waals surface area (Å²) in [7, 11) is 0. The number of aryl methyl sites for hydroxylation is 1. The molecular formula is C33H60O3. The number of ether oxygens (including phenoxy) is 2. The first-order chi connectivity index (χ1) is 17.8. The smallest absolute Gasteiger partial charge is 0.161 e. The molecule has 0 saturated carbocycles. The highest BCUT2D eigenvalue weighted by atomic mass is 16.5. The minimum Gasteiger partial charge on any atom is -0.490 e. The van der Waals surface area contributed by atoms with Gasteiger partial charge in [-0.2, -0.15) is 0 Å². The van der Waals surface area contributed by atoms with Crippen LogP contribution in [0, 0.1) is 0 Å². The topological polar surface area (TPSA) is 38.7 Å². The molecule has 0 unspecified atom stereocenters. The Kier molecular flexibility index (Phi) is 23.2. The summed E-state index contributed by atoms with van der Waals surface area (Å²) >= 11 is 0. The summed E-state index contributed by atoms with van der Waals surface area (Å²) < 4.78 is 12.3. The molecule has 0 aliphatic rings. The normalized spacial score (nSPS) is 11.2. The number of benzene rings is 1. The van der Waals surface area contributed by atoms with E-state index in [4.69, 9.17) is 9.47 Å². The summed E-state index contributed by atoms with van der Waals surface area (Å²) in [5, 5.41) is 9.18. The molecule has 0 aromatic heterocycles. The summed E-state index contributed by atoms with van der Waals surface area (Å²) in [6.07, 6.45) is 28.4. The molecule has 0 fully saturated rings. The Hall–Kier alpha value is -1.22. The highest BCUT2D eigenvalue weighted by Crippen LogP contribution is 2.29. The first-order valence-electron chi connectivity index (χ1n) is 15.8. The second-order valence-corrected chi connectivity index (χ2v) is 10.7. The lowest BCUT2D eigenvalue weighted by atomic mass is 10.1. The van der Waals surface area contributed by atoms with Gasteiger partial charge in [-0.3, -0.25) is 0 Å². The highest BCUT2D eigenvalue weighted by molar-refractivity contribution is 5.43. The van der Waals surface area contributed by atoms with Crippen molar-refractivity contribution in [2.24, 2.45) is 0 Å². The van der Waals surface area contributed by atoms with Crippen molar-refractivity contribution in [1.82, 2.24) is 0 Å². The van der Waals surface area contributed by atoms with E-state index in [1.165, 1.54) is 121 Å². The van der Waals surface area contributed by atoms with Crippen LogP contribution in [0.3, 0.4) is 0 Å². The van der Waals surface area contributed by atoms with E-state index < -0.39 is 0 Å². The Bertz CT molecular complexity index is 586. The fraction of sp³-hybridized carbons (Fsp3) is 0.818. The third kappa shape index (κ3) is 19.0. The van der Waals surface area contributed by atoms with Crippen molar-refractivity contribution in [1.29, 1.82) is 0 Å². The van der Waals surface area contributed by atoms with Gasteiger partial charge in [0.1, 0.15) is 0 Å². The molecule has 0 heterocycles. The Morgan fingerprint density at radius 3 is 1.36 bits per heavy atom. The molecule has 1 aromatic rings. The predicted octanol–water partition coefficient (Wildman–Crippen LogP) is 10.2. The summed E-state index contributed by atoms with van der Waals surface area (Å²) in [5.41, 5.74) is 1.22. The van der Waals surface area contributed by atoms with Gasteiger partial charge >= 0.3 is 0 Å². The van der Waals surface area contributed by atoms with E-state index in [0.717, 1.165) is 50.4 Å². The van der Waals surface area contributed by atoms with Crippen molar-refractivity contribution in [3.8, 4) is 11.5 Å². The average Bonchev–Trinajstić information content (AvgIpc) is 2.90. The number of aliphatic hydroxyl groups excluding tert-OH is 1. The Labute approximate surface area is 224 Å². The maximum absolute atomic E-state index is 9.18. The van der Waals surface area contributed by atoms with Crippen LogP contribution in [0.4, 0.5) is 0 Å². The molecule has 0 aliphatic heterocycles. The van der Waals surface area contributed by atoms with Crippen LogP contribution in [-0.4, -0.2) is 24.9 Å². The van der Waals surface area contributed by atoms with Crippen LogP contribution in [0.15, 0.2) is 18.2 Å². The number of unbranched alkanes of at least 4 members (excludes halogenated alkanes) is 18. The van der Waals surface area contributed by atoms with Gasteiger partial charge in [0, 0.05) is 6.61 Å². The predicted molar refractivity (Wildman–Crippen MR) is 157 cm³/mol. The van der Waals surface area contributed by atoms with E-state index >= 15 is 0 Å². The molecule has 1 aromatic carbocycles. The Morgan fingerprint density at radius 2 is 0.917 bits per heavy atom. The van der Waals surface area contributed by atoms with E-state index in [0.29, 0.717) is 0 Å². The van der Waals surface area contributed by atoms with Gasteiger partial charge in [-0.25, -0.2) is 0 Å². The van der Waals surface area contributed by atoms with Gasteiger partial charge in [-0.05, 0) is 43.4 Å². The zero-order valence-electron chi connectivity index (χ0n) is 24.2. The Morgan fingerprint density at radius 1 is 0.500 bits per heavy atom. The van der Waals surface area contributed by atoms with Gasteiger partial charge in [0.2, 0.25) is 0 Å². The highest BCUT2D eigenvalue weighted by Gasteiger charge is 2.08. The number of hydrogen-bond donors (Lipinski definition) is 1. The molecule has 0 spiro atoms. The summed E-state index contributed by atoms with van der Waals surface area (Å²) in [6, 6.07) is 6.31. The van der Waals surface area contributed by atoms with Gasteiger partial charge in [0.15, 0.2) is 11.5 Å². The molecule has 1 rings (SSSR count). The average molecular weight is 505 g/mol. The molecular weight excluding hydrogens is 444 g/mol. The fourth-order valence-electron chi connectivity index (χ4n) is 4.77. The van der Waals surface area contributed by atoms with Crippen molar-refractivity contribution >= 4 is 0 Å². The summed E-state index contributed by atoms with van der Waals surface area (Å²) in [6.45, 7) is 6.31. The molecule has 3 heteroatoms. The van der Waals surface area contributed by atoms with Crippen LogP contribution in [0.1, 0.15) is 154 Å². The molecule has 0 aliphatic carbocycles. The minimum atomic E-state index is 0.228. The Balaban J connectivity index is 2.24. The van der Waals surface area contributed by atoms with E-state index in [1.54, 1.807) is 0 Å². The lowest BCUT2D eigenvalue weighted by molar-refractivity contribution is 0.258. The fourth-order valence-corrected chi connectivity index (χ4v) is 4.77. The van der Waals surface area contributed by atoms with Crippen LogP contribution in [0.2, 0.25) is 0 Å². The van der Waals surface area contributed by atoms with Crippen LogP contribution < -0.4 is 9.47 Å². The van der Waals surface area contributed by atoms with Crippen molar-refractivity contribution in [2.45, 2.75) is 155 Å². The summed E-state index contributed by atoms with van der Waals surface area (Å²) in [5.74, 6) is 1.76. The number of aliphatic hydroxyl groups is 1. The lowest BCUT2D eigenvalue weighted by Crippen LogP contribution is -2.04. The van der Waals surface area contributed by atoms with Crippen LogP contribution >= 0.6 is 0 Å². The second kappa shape index (κ2) is 25.4. The zero-order chi connectivity index (χ0) is 25.9. The molecule has 36 heavy (non-hydrogen) atoms. The SMILES string of the molecule is CCCCCCCCCCCCOc1ccc(CCCO)cc1OCCCCCCCCCCCC. The van der Waals surface area contributed by atoms with Gasteiger partial charge in [0.25, 0.3) is 0 Å². The first kappa shape index (κ1) is 32.8. The third-order valence-electron chi connectivity index (χ3n) is 7.14. The van der Waals surface area contributed by atoms with E-state index in [2.05, 4.69) is 32.0 Å². The van der Waals surface area contributed by atoms with Crippen LogP contribution in [-0.2, 0) is 6.42 Å². The van der Waals surface area contributed by atoms with Gasteiger partial charge in [-0.15, -0.1) is 0 Å². The standard InChI is InChI=1S/C33H60O3/c1-3-5-7-9-11-13-15-17-19-21-28-35-32-26-25-31(24-23-27-34)30-33(32)36-29-22-20-18-16-14-12-10-8-6-4-2/h25-26,30,34H,3-24,27-29H2,1-2H3. The van der Waals surface area contributed by atoms with Gasteiger partial charge in [-0.1, -0.05) is 135 Å². The zero-order valence-corrected chi connectivity index (χ0v) is 24.2. The van der Waals surface area contributed by atoms with Crippen molar-refractivity contribution < 1.29 is 14.6 Å². The van der Waals surface area contributed by atoms with E-state index in [-0.39, 0.29) is 6.61 Å². The minimum absolute atomic E-state index is 0.228. The van der Waals surface area contributed by atoms with Crippen molar-refractivity contribution in [3.63, 3.8) is 0 Å². The van der Waals surface area contributed by atoms with Crippen molar-refractivity contribution in [2.75, 3.05) is 19.8 Å². The maximum atomic E-state index is 9.18. The molecule has 0 radical (unpaired) electrons. The molecule has 210 valence electrons. The number of rotatable bonds is 27. The van der Waals surface area contributed by atoms with E-state index in [9.17, 15) is 5.11 Å². The monoisotopic (exact) mass is 504 g/mol. The molecule has 3 nitrogen and oxygen atoms in total. The van der Waals surface area contributed by atoms with E-state index in [1.807, 2.05) is 0 Å². The van der Waals surface area contributed by atoms with Gasteiger partial charge in [0.05, 0.1) is 13.2 Å². The summed E-state index contributed by atoms with van der Waals surface area (Å²) in [4.78, 5) is 0. The molecule has 0 bridgehead atoms. The molecule has 0 saturated heterocycles. The van der Waals surface area contributed by atoms with Crippen molar-refractivity contribution in [3.05, 3.63) is 23.8 Å². The van der Waals surface area contributed by atoms with Crippen LogP contribution in [0.5, 0.6) is 11.5 Å².